The lowest BCUT2D eigenvalue weighted by Crippen LogP contribution is -2.40. The van der Waals surface area contributed by atoms with Crippen LogP contribution in [0.3, 0.4) is 0 Å². The first-order chi connectivity index (χ1) is 19.2. The molecule has 3 rings (SSSR count). The van der Waals surface area contributed by atoms with Crippen LogP contribution in [0, 0.1) is 12.8 Å². The van der Waals surface area contributed by atoms with Crippen molar-refractivity contribution in [2.24, 2.45) is 11.7 Å². The Morgan fingerprint density at radius 1 is 1.32 bits per heavy atom. The van der Waals surface area contributed by atoms with Crippen LogP contribution in [-0.4, -0.2) is 82.8 Å². The molecular weight excluding hydrogens is 544 g/mol. The smallest absolute Gasteiger partial charge is 0.226 e. The van der Waals surface area contributed by atoms with Crippen molar-refractivity contribution in [3.05, 3.63) is 59.3 Å². The summed E-state index contributed by atoms with van der Waals surface area (Å²) >= 11 is 0. The Morgan fingerprint density at radius 2 is 1.95 bits per heavy atom. The van der Waals surface area contributed by atoms with E-state index in [-0.39, 0.29) is 16.7 Å². The number of hydrogen-bond acceptors (Lipinski definition) is 9. The summed E-state index contributed by atoms with van der Waals surface area (Å²) < 4.78 is 27.9. The number of hydrogen-bond donors (Lipinski definition) is 2. The van der Waals surface area contributed by atoms with Crippen LogP contribution in [0.25, 0.3) is 11.8 Å². The highest BCUT2D eigenvalue weighted by Gasteiger charge is 2.33. The number of allylic oxidation sites excluding steroid dienone is 1. The molecule has 2 aromatic rings. The predicted molar refractivity (Wildman–Crippen MR) is 165 cm³/mol. The van der Waals surface area contributed by atoms with Crippen LogP contribution in [0.2, 0.25) is 0 Å². The minimum atomic E-state index is -3.15. The van der Waals surface area contributed by atoms with Crippen LogP contribution in [0.1, 0.15) is 42.5 Å². The van der Waals surface area contributed by atoms with Gasteiger partial charge in [-0.3, -0.25) is 4.79 Å². The van der Waals surface area contributed by atoms with E-state index in [1.165, 1.54) is 12.5 Å². The fourth-order valence-electron chi connectivity index (χ4n) is 4.44. The monoisotopic (exact) mass is 588 g/mol. The van der Waals surface area contributed by atoms with Crippen LogP contribution < -0.4 is 15.4 Å². The first kappa shape index (κ1) is 35.3. The van der Waals surface area contributed by atoms with Gasteiger partial charge in [-0.2, -0.15) is 0 Å². The van der Waals surface area contributed by atoms with E-state index in [4.69, 9.17) is 15.6 Å². The summed E-state index contributed by atoms with van der Waals surface area (Å²) in [5.41, 5.74) is 9.78. The Balaban J connectivity index is 0.000000445. The van der Waals surface area contributed by atoms with E-state index in [1.807, 2.05) is 64.1 Å². The lowest BCUT2D eigenvalue weighted by atomic mass is 9.96. The summed E-state index contributed by atoms with van der Waals surface area (Å²) in [6.07, 6.45) is 8.47. The number of aromatic nitrogens is 1. The van der Waals surface area contributed by atoms with E-state index < -0.39 is 15.9 Å². The molecule has 1 amide bonds. The predicted octanol–water partition coefficient (Wildman–Crippen LogP) is 3.10. The summed E-state index contributed by atoms with van der Waals surface area (Å²) in [6, 6.07) is 4.94. The van der Waals surface area contributed by atoms with Crippen molar-refractivity contribution < 1.29 is 27.9 Å². The number of sulfone groups is 1. The third-order valence-corrected chi connectivity index (χ3v) is 7.60. The van der Waals surface area contributed by atoms with Crippen LogP contribution in [0.5, 0.6) is 5.75 Å². The molecule has 0 spiro atoms. The highest BCUT2D eigenvalue weighted by atomic mass is 32.2. The molecule has 2 heterocycles. The number of aryl methyl sites for hydroxylation is 1. The fourth-order valence-corrected chi connectivity index (χ4v) is 5.07. The van der Waals surface area contributed by atoms with Gasteiger partial charge < -0.3 is 30.2 Å². The molecule has 1 saturated heterocycles. The number of ether oxygens (including phenoxy) is 1. The van der Waals surface area contributed by atoms with Crippen molar-refractivity contribution in [1.29, 1.82) is 0 Å². The molecule has 0 bridgehead atoms. The average molecular weight is 589 g/mol. The number of carbonyl (C=O) groups is 2. The molecule has 0 saturated carbocycles. The number of methoxy groups -OCH3 is 1. The number of amides is 1. The van der Waals surface area contributed by atoms with Crippen LogP contribution in [-0.2, 0) is 25.8 Å². The van der Waals surface area contributed by atoms with Crippen molar-refractivity contribution in [2.45, 2.75) is 44.6 Å². The second-order valence-electron chi connectivity index (χ2n) is 9.88. The maximum atomic E-state index is 12.3. The van der Waals surface area contributed by atoms with Gasteiger partial charge >= 0.3 is 0 Å². The van der Waals surface area contributed by atoms with Gasteiger partial charge in [-0.25, -0.2) is 13.4 Å². The number of benzene rings is 1. The molecule has 41 heavy (non-hydrogen) atoms. The number of aliphatic hydroxyl groups excluding tert-OH is 1. The lowest BCUT2D eigenvalue weighted by molar-refractivity contribution is -0.135. The molecule has 0 radical (unpaired) electrons. The molecular formula is C30H44N4O6S. The number of aliphatic hydroxyl groups is 1. The largest absolute Gasteiger partial charge is 0.496 e. The van der Waals surface area contributed by atoms with E-state index >= 15 is 0 Å². The zero-order valence-electron chi connectivity index (χ0n) is 25.3. The summed E-state index contributed by atoms with van der Waals surface area (Å²) in [7, 11) is 3.17. The van der Waals surface area contributed by atoms with Crippen LogP contribution in [0.4, 0.5) is 5.82 Å². The molecule has 1 fully saturated rings. The average Bonchev–Trinajstić information content (AvgIpc) is 3.25. The molecule has 1 unspecified atom stereocenters. The lowest BCUT2D eigenvalue weighted by Gasteiger charge is -2.24. The number of aldehydes is 1. The molecule has 1 aromatic heterocycles. The second-order valence-corrected chi connectivity index (χ2v) is 11.9. The maximum absolute atomic E-state index is 12.3. The molecule has 1 aliphatic heterocycles. The summed E-state index contributed by atoms with van der Waals surface area (Å²) in [6.45, 7) is 10.1. The minimum Gasteiger partial charge on any atom is -0.496 e. The SMILES string of the molecule is C=C(N)c1cc(OC)c(CC(C=O)N2CC[C@H](C)C2=O)cc1/C=C\C.CO.Cc1cc(S(C)(=O)=O)cnc1N(C)C. The van der Waals surface area contributed by atoms with Gasteiger partial charge in [0, 0.05) is 63.8 Å². The molecule has 2 atom stereocenters. The summed E-state index contributed by atoms with van der Waals surface area (Å²) in [5, 5.41) is 7.00. The van der Waals surface area contributed by atoms with E-state index in [9.17, 15) is 18.0 Å². The summed E-state index contributed by atoms with van der Waals surface area (Å²) in [4.78, 5) is 31.8. The molecule has 11 heteroatoms. The molecule has 3 N–H and O–H groups in total. The normalized spacial score (nSPS) is 15.4. The van der Waals surface area contributed by atoms with E-state index in [1.54, 1.807) is 18.1 Å². The standard InChI is InChI=1S/C20H26N2O3.C9H14N2O2S.CH4O/c1-5-6-15-9-16(19(25-4)11-18(15)14(3)21)10-17(12-23)22-8-7-13(2)20(22)24;1-7-5-8(14(4,12)13)6-10-9(7)11(2)3;1-2/h5-6,9,11-13,17H,3,7-8,10,21H2,1-2,4H3;5-6H,1-4H3;2H,1H3/b6-5-;;/t13-,17?;;/m0../s1. The Hall–Kier alpha value is -3.70. The third kappa shape index (κ3) is 9.43. The second kappa shape index (κ2) is 15.9. The van der Waals surface area contributed by atoms with Crippen LogP contribution in [0.15, 0.2) is 41.9 Å². The van der Waals surface area contributed by atoms with E-state index in [2.05, 4.69) is 11.6 Å². The Labute approximate surface area is 244 Å². The Bertz CT molecular complexity index is 1350. The molecule has 1 aromatic carbocycles. The Kier molecular flexibility index (Phi) is 13.7. The van der Waals surface area contributed by atoms with Gasteiger partial charge in [-0.05, 0) is 55.2 Å². The first-order valence-electron chi connectivity index (χ1n) is 13.1. The summed E-state index contributed by atoms with van der Waals surface area (Å²) in [5.74, 6) is 1.45. The van der Waals surface area contributed by atoms with Crippen LogP contribution >= 0.6 is 0 Å². The van der Waals surface area contributed by atoms with Crippen molar-refractivity contribution in [3.63, 3.8) is 0 Å². The first-order valence-corrected chi connectivity index (χ1v) is 15.0. The molecule has 10 nitrogen and oxygen atoms in total. The number of pyridine rings is 1. The topological polar surface area (TPSA) is 143 Å². The quantitative estimate of drug-likeness (QED) is 0.422. The van der Waals surface area contributed by atoms with Crippen molar-refractivity contribution in [1.82, 2.24) is 9.88 Å². The van der Waals surface area contributed by atoms with Gasteiger partial charge in [-0.15, -0.1) is 0 Å². The highest BCUT2D eigenvalue weighted by molar-refractivity contribution is 7.90. The number of carbonyl (C=O) groups excluding carboxylic acids is 2. The van der Waals surface area contributed by atoms with E-state index in [0.717, 1.165) is 47.9 Å². The van der Waals surface area contributed by atoms with Gasteiger partial charge in [-0.1, -0.05) is 25.7 Å². The highest BCUT2D eigenvalue weighted by Crippen LogP contribution is 2.30. The number of anilines is 1. The molecule has 226 valence electrons. The zero-order chi connectivity index (χ0) is 31.5. The Morgan fingerprint density at radius 3 is 2.37 bits per heavy atom. The number of likely N-dealkylation sites (tertiary alicyclic amines) is 1. The number of nitrogens with zero attached hydrogens (tertiary/aromatic N) is 3. The number of nitrogens with two attached hydrogens (primary N) is 1. The zero-order valence-corrected chi connectivity index (χ0v) is 26.2. The fraction of sp³-hybridized carbons (Fsp3) is 0.433. The molecule has 0 aliphatic carbocycles. The number of rotatable bonds is 9. The molecule has 1 aliphatic rings. The van der Waals surface area contributed by atoms with Gasteiger partial charge in [0.25, 0.3) is 0 Å². The van der Waals surface area contributed by atoms with Crippen molar-refractivity contribution >= 4 is 39.6 Å². The van der Waals surface area contributed by atoms with E-state index in [0.29, 0.717) is 24.4 Å². The van der Waals surface area contributed by atoms with Gasteiger partial charge in [0.05, 0.1) is 18.0 Å². The van der Waals surface area contributed by atoms with Gasteiger partial charge in [0.15, 0.2) is 9.84 Å². The minimum absolute atomic E-state index is 0.0223. The van der Waals surface area contributed by atoms with Crippen molar-refractivity contribution in [3.8, 4) is 5.75 Å². The van der Waals surface area contributed by atoms with Crippen molar-refractivity contribution in [2.75, 3.05) is 46.0 Å². The van der Waals surface area contributed by atoms with Gasteiger partial charge in [0.1, 0.15) is 17.9 Å². The van der Waals surface area contributed by atoms with Gasteiger partial charge in [0.2, 0.25) is 5.91 Å². The maximum Gasteiger partial charge on any atom is 0.226 e. The third-order valence-electron chi connectivity index (χ3n) is 6.52.